The number of hydrogen-bond acceptors (Lipinski definition) is 4. The van der Waals surface area contributed by atoms with Gasteiger partial charge in [-0.15, -0.1) is 0 Å². The molecule has 0 heterocycles. The predicted octanol–water partition coefficient (Wildman–Crippen LogP) is 4.06. The third kappa shape index (κ3) is 5.14. The first kappa shape index (κ1) is 15.9. The Morgan fingerprint density at radius 2 is 2.07 bits per heavy atom. The van der Waals surface area contributed by atoms with Crippen LogP contribution in [0.1, 0.15) is 34.1 Å². The molecular formula is C9H20NOPS3. The van der Waals surface area contributed by atoms with Crippen molar-refractivity contribution in [3.8, 4) is 0 Å². The molecule has 0 aliphatic carbocycles. The highest BCUT2D eigenvalue weighted by Gasteiger charge is 2.26. The fourth-order valence-corrected chi connectivity index (χ4v) is 8.85. The smallest absolute Gasteiger partial charge is 0.213 e. The Kier molecular flexibility index (Phi) is 8.47. The molecule has 0 N–H and O–H groups in total. The minimum atomic E-state index is -1.98. The Hall–Kier alpha value is 0.850. The van der Waals surface area contributed by atoms with E-state index in [4.69, 9.17) is 28.5 Å². The molecule has 6 heteroatoms. The van der Waals surface area contributed by atoms with Crippen molar-refractivity contribution in [1.82, 2.24) is 4.67 Å². The third-order valence-electron chi connectivity index (χ3n) is 1.94. The number of hydrogen-bond donors (Lipinski definition) is 0. The van der Waals surface area contributed by atoms with Gasteiger partial charge in [0.25, 0.3) is 0 Å². The van der Waals surface area contributed by atoms with E-state index in [1.165, 1.54) is 0 Å². The molecule has 0 aromatic rings. The van der Waals surface area contributed by atoms with Gasteiger partial charge in [-0.2, -0.15) is 0 Å². The summed E-state index contributed by atoms with van der Waals surface area (Å²) in [4.78, 5) is 0. The summed E-state index contributed by atoms with van der Waals surface area (Å²) in [6, 6.07) is 0. The van der Waals surface area contributed by atoms with Crippen LogP contribution in [-0.4, -0.2) is 28.6 Å². The van der Waals surface area contributed by atoms with E-state index in [9.17, 15) is 0 Å². The molecule has 0 bridgehead atoms. The van der Waals surface area contributed by atoms with E-state index in [-0.39, 0.29) is 0 Å². The summed E-state index contributed by atoms with van der Waals surface area (Å²) in [5.41, 5.74) is -0.334. The summed E-state index contributed by atoms with van der Waals surface area (Å²) in [6.07, 6.45) is 1.10. The quantitative estimate of drug-likeness (QED) is 0.491. The summed E-state index contributed by atoms with van der Waals surface area (Å²) >= 11 is 12.4. The average Bonchev–Trinajstić information content (AvgIpc) is 2.19. The molecule has 0 aromatic carbocycles. The van der Waals surface area contributed by atoms with Crippen molar-refractivity contribution in [3.05, 3.63) is 0 Å². The first-order chi connectivity index (χ1) is 7.03. The van der Waals surface area contributed by atoms with E-state index in [1.54, 1.807) is 16.9 Å². The van der Waals surface area contributed by atoms with Crippen molar-refractivity contribution < 1.29 is 4.52 Å². The van der Waals surface area contributed by atoms with E-state index in [2.05, 4.69) is 20.8 Å². The molecule has 2 unspecified atom stereocenters. The van der Waals surface area contributed by atoms with Crippen molar-refractivity contribution in [3.63, 3.8) is 0 Å². The highest BCUT2D eigenvalue weighted by Crippen LogP contribution is 2.64. The topological polar surface area (TPSA) is 12.5 Å². The molecule has 0 rings (SSSR count). The van der Waals surface area contributed by atoms with Crippen LogP contribution in [0.25, 0.3) is 0 Å². The number of rotatable bonds is 8. The van der Waals surface area contributed by atoms with Gasteiger partial charge in [0.1, 0.15) is 0 Å². The summed E-state index contributed by atoms with van der Waals surface area (Å²) < 4.78 is 7.76. The van der Waals surface area contributed by atoms with Crippen LogP contribution in [-0.2, 0) is 16.3 Å². The molecule has 90 valence electrons. The maximum Gasteiger partial charge on any atom is 0.213 e. The van der Waals surface area contributed by atoms with Gasteiger partial charge >= 0.3 is 0 Å². The van der Waals surface area contributed by atoms with Gasteiger partial charge in [-0.25, -0.2) is 0 Å². The second-order valence-corrected chi connectivity index (χ2v) is 10.3. The summed E-state index contributed by atoms with van der Waals surface area (Å²) in [5, 5.41) is 0.520. The first-order valence-electron chi connectivity index (χ1n) is 5.19. The van der Waals surface area contributed by atoms with E-state index >= 15 is 0 Å². The number of nitrogens with zero attached hydrogens (tertiary/aromatic N) is 1. The van der Waals surface area contributed by atoms with Gasteiger partial charge in [0, 0.05) is 11.8 Å². The maximum atomic E-state index is 5.76. The van der Waals surface area contributed by atoms with Gasteiger partial charge in [0.15, 0.2) is 0 Å². The largest absolute Gasteiger partial charge is 0.327 e. The predicted molar refractivity (Wildman–Crippen MR) is 79.3 cm³/mol. The highest BCUT2D eigenvalue weighted by atomic mass is 32.9. The molecule has 2 atom stereocenters. The van der Waals surface area contributed by atoms with E-state index in [1.807, 2.05) is 11.6 Å². The van der Waals surface area contributed by atoms with Crippen LogP contribution in [0.2, 0.25) is 0 Å². The molecule has 0 amide bonds. The lowest BCUT2D eigenvalue weighted by atomic mass is 10.4. The van der Waals surface area contributed by atoms with Gasteiger partial charge in [-0.3, -0.25) is 0 Å². The second kappa shape index (κ2) is 8.02. The summed E-state index contributed by atoms with van der Waals surface area (Å²) in [5.74, 6) is 0. The van der Waals surface area contributed by atoms with Crippen molar-refractivity contribution in [2.75, 3.05) is 13.2 Å². The zero-order chi connectivity index (χ0) is 11.9. The van der Waals surface area contributed by atoms with Crippen molar-refractivity contribution in [1.29, 1.82) is 0 Å². The monoisotopic (exact) mass is 285 g/mol. The standard InChI is InChI=1S/C9H20NOPS3/c1-5-9(4)15-12(14,11-7-3)10(6-2)8-13/h8-9H,5-7H2,1-4H3. The lowest BCUT2D eigenvalue weighted by Crippen LogP contribution is -2.18. The molecule has 0 aliphatic heterocycles. The zero-order valence-corrected chi connectivity index (χ0v) is 13.1. The van der Waals surface area contributed by atoms with Gasteiger partial charge in [0.05, 0.1) is 12.1 Å². The minimum absolute atomic E-state index is 0.520. The van der Waals surface area contributed by atoms with Gasteiger partial charge in [0.2, 0.25) is 5.62 Å². The van der Waals surface area contributed by atoms with Crippen LogP contribution in [0.15, 0.2) is 0 Å². The first-order valence-corrected chi connectivity index (χ1v) is 9.82. The summed E-state index contributed by atoms with van der Waals surface area (Å²) in [6.45, 7) is 9.86. The average molecular weight is 285 g/mol. The van der Waals surface area contributed by atoms with Gasteiger partial charge in [-0.1, -0.05) is 37.4 Å². The van der Waals surface area contributed by atoms with Crippen LogP contribution < -0.4 is 0 Å². The molecule has 0 saturated heterocycles. The van der Waals surface area contributed by atoms with Crippen molar-refractivity contribution in [2.24, 2.45) is 0 Å². The Morgan fingerprint density at radius 1 is 1.47 bits per heavy atom. The number of thiocarbonyl (C=S) groups is 1. The lowest BCUT2D eigenvalue weighted by Gasteiger charge is -2.32. The van der Waals surface area contributed by atoms with Gasteiger partial charge < -0.3 is 9.19 Å². The highest BCUT2D eigenvalue weighted by molar-refractivity contribution is 8.69. The lowest BCUT2D eigenvalue weighted by molar-refractivity contribution is 0.364. The van der Waals surface area contributed by atoms with E-state index in [0.29, 0.717) is 11.9 Å². The molecule has 0 saturated carbocycles. The fourth-order valence-electron chi connectivity index (χ4n) is 0.936. The van der Waals surface area contributed by atoms with E-state index < -0.39 is 5.62 Å². The third-order valence-corrected chi connectivity index (χ3v) is 9.47. The molecule has 0 aromatic heterocycles. The normalized spacial score (nSPS) is 16.8. The SMILES string of the molecule is CCOP(=S)(SC(C)CC)N(C=S)CC. The summed E-state index contributed by atoms with van der Waals surface area (Å²) in [7, 11) is 0. The van der Waals surface area contributed by atoms with Crippen molar-refractivity contribution >= 4 is 46.5 Å². The molecule has 0 aliphatic rings. The molecule has 15 heavy (non-hydrogen) atoms. The van der Waals surface area contributed by atoms with E-state index in [0.717, 1.165) is 13.0 Å². The second-order valence-electron chi connectivity index (χ2n) is 3.07. The van der Waals surface area contributed by atoms with Crippen LogP contribution in [0.4, 0.5) is 0 Å². The van der Waals surface area contributed by atoms with Crippen LogP contribution in [0, 0.1) is 0 Å². The minimum Gasteiger partial charge on any atom is -0.327 e. The fraction of sp³-hybridized carbons (Fsp3) is 0.889. The Balaban J connectivity index is 4.70. The van der Waals surface area contributed by atoms with Crippen LogP contribution in [0.5, 0.6) is 0 Å². The van der Waals surface area contributed by atoms with Crippen molar-refractivity contribution in [2.45, 2.75) is 39.4 Å². The zero-order valence-electron chi connectivity index (χ0n) is 9.80. The molecule has 0 radical (unpaired) electrons. The van der Waals surface area contributed by atoms with Crippen LogP contribution in [0.3, 0.4) is 0 Å². The molecule has 0 fully saturated rings. The Bertz CT molecular complexity index is 237. The Labute approximate surface area is 108 Å². The molecule has 0 spiro atoms. The maximum absolute atomic E-state index is 5.76. The van der Waals surface area contributed by atoms with Gasteiger partial charge in [-0.05, 0) is 32.1 Å². The molecule has 2 nitrogen and oxygen atoms in total. The van der Waals surface area contributed by atoms with Crippen LogP contribution >= 0.6 is 29.2 Å². The molecular weight excluding hydrogens is 265 g/mol. The Morgan fingerprint density at radius 3 is 2.40 bits per heavy atom.